The first-order valence-electron chi connectivity index (χ1n) is 10.6. The molecule has 0 aromatic heterocycles. The summed E-state index contributed by atoms with van der Waals surface area (Å²) in [4.78, 5) is 30.8. The van der Waals surface area contributed by atoms with Crippen molar-refractivity contribution in [3.8, 4) is 0 Å². The Bertz CT molecular complexity index is 753. The number of carbonyl (C=O) groups excluding carboxylic acids is 2. The van der Waals surface area contributed by atoms with Crippen LogP contribution in [0.15, 0.2) is 23.1 Å². The van der Waals surface area contributed by atoms with Crippen LogP contribution >= 0.6 is 11.8 Å². The zero-order valence-electron chi connectivity index (χ0n) is 17.0. The summed E-state index contributed by atoms with van der Waals surface area (Å²) in [5, 5.41) is 5.77. The number of nitrogens with one attached hydrogen (secondary N) is 2. The Labute approximate surface area is 176 Å². The van der Waals surface area contributed by atoms with E-state index in [0.29, 0.717) is 31.4 Å². The quantitative estimate of drug-likeness (QED) is 0.762. The minimum atomic E-state index is -0.238. The molecule has 2 saturated heterocycles. The topological polar surface area (TPSA) is 73.9 Å². The third-order valence-corrected chi connectivity index (χ3v) is 7.31. The van der Waals surface area contributed by atoms with Gasteiger partial charge in [0.2, 0.25) is 0 Å². The number of fused-ring (bicyclic) bond motifs is 1. The highest BCUT2D eigenvalue weighted by atomic mass is 32.2. The van der Waals surface area contributed by atoms with Crippen molar-refractivity contribution < 1.29 is 14.3 Å². The van der Waals surface area contributed by atoms with Gasteiger partial charge >= 0.3 is 0 Å². The van der Waals surface area contributed by atoms with Gasteiger partial charge < -0.3 is 15.4 Å². The van der Waals surface area contributed by atoms with Crippen molar-refractivity contribution in [2.24, 2.45) is 0 Å². The Kier molecular flexibility index (Phi) is 6.74. The van der Waals surface area contributed by atoms with Gasteiger partial charge in [0.15, 0.2) is 0 Å². The van der Waals surface area contributed by atoms with Crippen LogP contribution in [0.3, 0.4) is 0 Å². The molecule has 0 radical (unpaired) electrons. The molecule has 0 aliphatic carbocycles. The van der Waals surface area contributed by atoms with Gasteiger partial charge in [-0.3, -0.25) is 19.4 Å². The number of carbonyl (C=O) groups is 2. The van der Waals surface area contributed by atoms with Gasteiger partial charge in [-0.1, -0.05) is 18.2 Å². The molecule has 1 aromatic carbocycles. The maximum absolute atomic E-state index is 12.6. The van der Waals surface area contributed by atoms with Crippen LogP contribution in [0.2, 0.25) is 0 Å². The molecule has 7 nitrogen and oxygen atoms in total. The summed E-state index contributed by atoms with van der Waals surface area (Å²) in [7, 11) is 0. The van der Waals surface area contributed by atoms with E-state index in [0.717, 1.165) is 36.8 Å². The first-order chi connectivity index (χ1) is 14.1. The fourth-order valence-electron chi connectivity index (χ4n) is 4.20. The van der Waals surface area contributed by atoms with Crippen LogP contribution in [0.25, 0.3) is 0 Å². The fraction of sp³-hybridized carbons (Fsp3) is 0.619. The Morgan fingerprint density at radius 2 is 2.10 bits per heavy atom. The number of amides is 2. The van der Waals surface area contributed by atoms with E-state index in [9.17, 15) is 9.59 Å². The highest BCUT2D eigenvalue weighted by Gasteiger charge is 2.33. The fourth-order valence-corrected chi connectivity index (χ4v) is 5.35. The van der Waals surface area contributed by atoms with E-state index in [1.165, 1.54) is 19.3 Å². The van der Waals surface area contributed by atoms with Crippen molar-refractivity contribution in [2.45, 2.75) is 42.5 Å². The van der Waals surface area contributed by atoms with E-state index in [2.05, 4.69) is 27.4 Å². The molecule has 2 amide bonds. The number of piperidine rings is 1. The number of hydrogen-bond donors (Lipinski definition) is 2. The van der Waals surface area contributed by atoms with Crippen LogP contribution in [-0.2, 0) is 9.53 Å². The van der Waals surface area contributed by atoms with Crippen LogP contribution in [0.5, 0.6) is 0 Å². The molecule has 0 bridgehead atoms. The second-order valence-corrected chi connectivity index (χ2v) is 9.08. The van der Waals surface area contributed by atoms with E-state index >= 15 is 0 Å². The summed E-state index contributed by atoms with van der Waals surface area (Å²) < 4.78 is 5.38. The molecule has 3 aliphatic heterocycles. The third-order valence-electron chi connectivity index (χ3n) is 5.96. The van der Waals surface area contributed by atoms with E-state index < -0.39 is 0 Å². The third kappa shape index (κ3) is 4.94. The number of morpholine rings is 1. The normalized spacial score (nSPS) is 25.9. The lowest BCUT2D eigenvalue weighted by atomic mass is 10.0. The van der Waals surface area contributed by atoms with Gasteiger partial charge in [0.05, 0.1) is 18.9 Å². The van der Waals surface area contributed by atoms with E-state index in [-0.39, 0.29) is 17.2 Å². The minimum Gasteiger partial charge on any atom is -0.379 e. The molecule has 3 heterocycles. The molecule has 4 rings (SSSR count). The van der Waals surface area contributed by atoms with E-state index in [4.69, 9.17) is 4.74 Å². The lowest BCUT2D eigenvalue weighted by Gasteiger charge is -2.35. The predicted molar refractivity (Wildman–Crippen MR) is 114 cm³/mol. The van der Waals surface area contributed by atoms with Crippen LogP contribution in [-0.4, -0.2) is 79.0 Å². The highest BCUT2D eigenvalue weighted by Crippen LogP contribution is 2.37. The van der Waals surface area contributed by atoms with Crippen LogP contribution in [0, 0.1) is 0 Å². The lowest BCUT2D eigenvalue weighted by molar-refractivity contribution is -0.119. The van der Waals surface area contributed by atoms with E-state index in [1.807, 2.05) is 12.1 Å². The van der Waals surface area contributed by atoms with Crippen LogP contribution in [0.4, 0.5) is 5.69 Å². The molecule has 3 aliphatic rings. The van der Waals surface area contributed by atoms with Crippen molar-refractivity contribution in [3.63, 3.8) is 0 Å². The number of benzene rings is 1. The summed E-state index contributed by atoms with van der Waals surface area (Å²) in [6, 6.07) is 6.16. The van der Waals surface area contributed by atoms with Gasteiger partial charge in [-0.25, -0.2) is 0 Å². The van der Waals surface area contributed by atoms with E-state index in [1.54, 1.807) is 17.8 Å². The smallest absolute Gasteiger partial charge is 0.252 e. The monoisotopic (exact) mass is 418 g/mol. The Morgan fingerprint density at radius 1 is 1.28 bits per heavy atom. The van der Waals surface area contributed by atoms with Gasteiger partial charge in [0.1, 0.15) is 5.37 Å². The molecule has 0 saturated carbocycles. The van der Waals surface area contributed by atoms with Crippen molar-refractivity contribution in [1.82, 2.24) is 15.1 Å². The number of likely N-dealkylation sites (tertiary alicyclic amines) is 1. The summed E-state index contributed by atoms with van der Waals surface area (Å²) in [5.74, 6) is -0.118. The average Bonchev–Trinajstić information content (AvgIpc) is 2.74. The molecule has 2 atom stereocenters. The maximum Gasteiger partial charge on any atom is 0.252 e. The Hall–Kier alpha value is -1.61. The number of rotatable bonds is 5. The Morgan fingerprint density at radius 3 is 2.90 bits per heavy atom. The minimum absolute atomic E-state index is 0.0268. The van der Waals surface area contributed by atoms with Crippen molar-refractivity contribution in [3.05, 3.63) is 23.8 Å². The van der Waals surface area contributed by atoms with Gasteiger partial charge in [0.25, 0.3) is 11.8 Å². The molecule has 0 spiro atoms. The molecule has 2 N–H and O–H groups in total. The van der Waals surface area contributed by atoms with Crippen LogP contribution in [0.1, 0.15) is 36.5 Å². The highest BCUT2D eigenvalue weighted by molar-refractivity contribution is 8.00. The van der Waals surface area contributed by atoms with Gasteiger partial charge in [-0.15, -0.1) is 0 Å². The number of hydrogen-bond acceptors (Lipinski definition) is 6. The Balaban J connectivity index is 1.34. The zero-order valence-corrected chi connectivity index (χ0v) is 17.8. The van der Waals surface area contributed by atoms with Crippen molar-refractivity contribution in [1.29, 1.82) is 0 Å². The largest absolute Gasteiger partial charge is 0.379 e. The maximum atomic E-state index is 12.6. The van der Waals surface area contributed by atoms with Gasteiger partial charge in [-0.05, 0) is 44.5 Å². The molecular weight excluding hydrogens is 388 g/mol. The van der Waals surface area contributed by atoms with Gasteiger partial charge in [0, 0.05) is 42.7 Å². The lowest BCUT2D eigenvalue weighted by Crippen LogP contribution is -2.48. The number of ether oxygens (including phenoxy) is 1. The summed E-state index contributed by atoms with van der Waals surface area (Å²) in [6.07, 6.45) is 3.78. The standard InChI is InChI=1S/C21H30N4O3S/c1-15-4-2-3-8-24(15)9-7-22-19(26)16-5-6-18-17(14-16)23-20(27)21(29-18)25-10-12-28-13-11-25/h5-6,14-15,21H,2-4,7-13H2,1H3,(H,22,26)(H,23,27). The number of nitrogens with zero attached hydrogens (tertiary/aromatic N) is 2. The molecule has 1 aromatic rings. The molecule has 2 unspecified atom stereocenters. The first kappa shape index (κ1) is 20.7. The summed E-state index contributed by atoms with van der Waals surface area (Å²) >= 11 is 1.55. The molecule has 2 fully saturated rings. The average molecular weight is 419 g/mol. The summed E-state index contributed by atoms with van der Waals surface area (Å²) in [6.45, 7) is 7.73. The van der Waals surface area contributed by atoms with Crippen molar-refractivity contribution >= 4 is 29.3 Å². The number of anilines is 1. The SMILES string of the molecule is CC1CCCCN1CCNC(=O)c1ccc2c(c1)NC(=O)C(N1CCOCC1)S2. The predicted octanol–water partition coefficient (Wildman–Crippen LogP) is 1.99. The van der Waals surface area contributed by atoms with Gasteiger partial charge in [-0.2, -0.15) is 0 Å². The molecule has 8 heteroatoms. The molecule has 158 valence electrons. The van der Waals surface area contributed by atoms with Crippen LogP contribution < -0.4 is 10.6 Å². The second-order valence-electron chi connectivity index (χ2n) is 7.96. The summed E-state index contributed by atoms with van der Waals surface area (Å²) in [5.41, 5.74) is 1.31. The molecular formula is C21H30N4O3S. The number of thioether (sulfide) groups is 1. The molecule has 29 heavy (non-hydrogen) atoms. The first-order valence-corrected chi connectivity index (χ1v) is 11.5. The second kappa shape index (κ2) is 9.47. The zero-order chi connectivity index (χ0) is 20.2. The van der Waals surface area contributed by atoms with Crippen molar-refractivity contribution in [2.75, 3.05) is 51.3 Å².